The van der Waals surface area contributed by atoms with Gasteiger partial charge in [-0.1, -0.05) is 30.3 Å². The van der Waals surface area contributed by atoms with E-state index in [4.69, 9.17) is 4.42 Å². The van der Waals surface area contributed by atoms with Gasteiger partial charge in [0.25, 0.3) is 5.91 Å². The third-order valence-electron chi connectivity index (χ3n) is 4.38. The van der Waals surface area contributed by atoms with Gasteiger partial charge in [0.1, 0.15) is 23.7 Å². The maximum Gasteiger partial charge on any atom is 0.251 e. The molecule has 2 N–H and O–H groups in total. The van der Waals surface area contributed by atoms with Crippen LogP contribution in [0.5, 0.6) is 0 Å². The molecule has 0 fully saturated rings. The molecule has 0 atom stereocenters. The second-order valence-corrected chi connectivity index (χ2v) is 6.55. The molecule has 0 aliphatic rings. The zero-order valence-corrected chi connectivity index (χ0v) is 15.9. The summed E-state index contributed by atoms with van der Waals surface area (Å²) < 4.78 is 5.46. The van der Waals surface area contributed by atoms with Crippen LogP contribution in [0.25, 0.3) is 11.3 Å². The van der Waals surface area contributed by atoms with Crippen LogP contribution in [0.4, 0.5) is 11.5 Å². The molecule has 2 heterocycles. The Morgan fingerprint density at radius 2 is 1.76 bits per heavy atom. The van der Waals surface area contributed by atoms with Crippen LogP contribution in [0.2, 0.25) is 0 Å². The average molecular weight is 384 g/mol. The lowest BCUT2D eigenvalue weighted by molar-refractivity contribution is 0.0948. The minimum atomic E-state index is -0.154. The van der Waals surface area contributed by atoms with Crippen molar-refractivity contribution in [3.8, 4) is 11.3 Å². The van der Waals surface area contributed by atoms with Crippen LogP contribution in [0.1, 0.15) is 21.9 Å². The van der Waals surface area contributed by atoms with Crippen LogP contribution >= 0.6 is 0 Å². The van der Waals surface area contributed by atoms with Gasteiger partial charge in [0.15, 0.2) is 0 Å². The van der Waals surface area contributed by atoms with Gasteiger partial charge in [0.05, 0.1) is 12.2 Å². The lowest BCUT2D eigenvalue weighted by atomic mass is 10.1. The highest BCUT2D eigenvalue weighted by atomic mass is 16.3. The summed E-state index contributed by atoms with van der Waals surface area (Å²) in [6.45, 7) is 2.23. The van der Waals surface area contributed by atoms with E-state index in [0.717, 1.165) is 28.5 Å². The highest BCUT2D eigenvalue weighted by Gasteiger charge is 2.07. The van der Waals surface area contributed by atoms with Crippen LogP contribution in [-0.4, -0.2) is 15.9 Å². The standard InChI is InChI=1S/C23H20N4O2/c1-16-7-12-20(29-16)14-24-23(28)18-8-10-19(11-9-18)27-22-13-21(25-15-26-22)17-5-3-2-4-6-17/h2-13,15H,14H2,1H3,(H,24,28)(H,25,26,27). The lowest BCUT2D eigenvalue weighted by Crippen LogP contribution is -2.22. The number of benzene rings is 2. The summed E-state index contributed by atoms with van der Waals surface area (Å²) in [7, 11) is 0. The molecule has 2 aromatic carbocycles. The summed E-state index contributed by atoms with van der Waals surface area (Å²) in [5.41, 5.74) is 3.27. The number of amides is 1. The fourth-order valence-corrected chi connectivity index (χ4v) is 2.89. The molecule has 144 valence electrons. The number of hydrogen-bond donors (Lipinski definition) is 2. The summed E-state index contributed by atoms with van der Waals surface area (Å²) in [4.78, 5) is 20.9. The van der Waals surface area contributed by atoms with E-state index in [1.54, 1.807) is 12.1 Å². The van der Waals surface area contributed by atoms with Gasteiger partial charge in [-0.2, -0.15) is 0 Å². The van der Waals surface area contributed by atoms with E-state index in [9.17, 15) is 4.79 Å². The first-order chi connectivity index (χ1) is 14.2. The third kappa shape index (κ3) is 4.68. The maximum absolute atomic E-state index is 12.3. The van der Waals surface area contributed by atoms with Gasteiger partial charge in [-0.3, -0.25) is 4.79 Å². The topological polar surface area (TPSA) is 80.0 Å². The first-order valence-corrected chi connectivity index (χ1v) is 9.25. The van der Waals surface area contributed by atoms with Crippen molar-refractivity contribution < 1.29 is 9.21 Å². The molecular weight excluding hydrogens is 364 g/mol. The van der Waals surface area contributed by atoms with Gasteiger partial charge >= 0.3 is 0 Å². The molecule has 0 saturated carbocycles. The Balaban J connectivity index is 1.40. The number of nitrogens with zero attached hydrogens (tertiary/aromatic N) is 2. The fourth-order valence-electron chi connectivity index (χ4n) is 2.89. The fraction of sp³-hybridized carbons (Fsp3) is 0.0870. The molecule has 29 heavy (non-hydrogen) atoms. The predicted octanol–water partition coefficient (Wildman–Crippen LogP) is 4.72. The number of nitrogens with one attached hydrogen (secondary N) is 2. The number of hydrogen-bond acceptors (Lipinski definition) is 5. The number of anilines is 2. The van der Waals surface area contributed by atoms with Crippen molar-refractivity contribution in [2.24, 2.45) is 0 Å². The van der Waals surface area contributed by atoms with Gasteiger partial charge < -0.3 is 15.1 Å². The third-order valence-corrected chi connectivity index (χ3v) is 4.38. The zero-order valence-electron chi connectivity index (χ0n) is 15.9. The molecule has 0 saturated heterocycles. The van der Waals surface area contributed by atoms with E-state index >= 15 is 0 Å². The molecule has 6 heteroatoms. The molecule has 0 unspecified atom stereocenters. The van der Waals surface area contributed by atoms with Crippen molar-refractivity contribution in [2.45, 2.75) is 13.5 Å². The SMILES string of the molecule is Cc1ccc(CNC(=O)c2ccc(Nc3cc(-c4ccccc4)ncn3)cc2)o1. The number of aromatic nitrogens is 2. The molecule has 0 aliphatic carbocycles. The van der Waals surface area contributed by atoms with Gasteiger partial charge in [-0.25, -0.2) is 9.97 Å². The molecule has 1 amide bonds. The van der Waals surface area contributed by atoms with E-state index in [0.29, 0.717) is 17.9 Å². The number of aryl methyl sites for hydroxylation is 1. The Morgan fingerprint density at radius 3 is 2.48 bits per heavy atom. The molecule has 0 spiro atoms. The monoisotopic (exact) mass is 384 g/mol. The van der Waals surface area contributed by atoms with E-state index in [1.807, 2.05) is 67.6 Å². The summed E-state index contributed by atoms with van der Waals surface area (Å²) in [5, 5.41) is 6.09. The second-order valence-electron chi connectivity index (χ2n) is 6.55. The van der Waals surface area contributed by atoms with Gasteiger partial charge in [-0.05, 0) is 43.3 Å². The largest absolute Gasteiger partial charge is 0.465 e. The summed E-state index contributed by atoms with van der Waals surface area (Å²) in [6, 6.07) is 22.8. The smallest absolute Gasteiger partial charge is 0.251 e. The molecular formula is C23H20N4O2. The van der Waals surface area contributed by atoms with Crippen LogP contribution < -0.4 is 10.6 Å². The van der Waals surface area contributed by atoms with E-state index in [1.165, 1.54) is 6.33 Å². The van der Waals surface area contributed by atoms with Crippen molar-refractivity contribution in [1.29, 1.82) is 0 Å². The number of carbonyl (C=O) groups excluding carboxylic acids is 1. The van der Waals surface area contributed by atoms with Crippen LogP contribution in [-0.2, 0) is 6.54 Å². The van der Waals surface area contributed by atoms with Gasteiger partial charge in [-0.15, -0.1) is 0 Å². The first-order valence-electron chi connectivity index (χ1n) is 9.25. The highest BCUT2D eigenvalue weighted by molar-refractivity contribution is 5.94. The van der Waals surface area contributed by atoms with E-state index in [-0.39, 0.29) is 5.91 Å². The van der Waals surface area contributed by atoms with Crippen molar-refractivity contribution in [1.82, 2.24) is 15.3 Å². The first kappa shape index (κ1) is 18.4. The van der Waals surface area contributed by atoms with E-state index < -0.39 is 0 Å². The maximum atomic E-state index is 12.3. The molecule has 0 bridgehead atoms. The van der Waals surface area contributed by atoms with Crippen molar-refractivity contribution in [3.05, 3.63) is 96.2 Å². The van der Waals surface area contributed by atoms with Crippen LogP contribution in [0, 0.1) is 6.92 Å². The molecule has 2 aromatic heterocycles. The highest BCUT2D eigenvalue weighted by Crippen LogP contribution is 2.21. The Bertz CT molecular complexity index is 1110. The zero-order chi connectivity index (χ0) is 20.1. The Morgan fingerprint density at radius 1 is 0.966 bits per heavy atom. The Hall–Kier alpha value is -3.93. The van der Waals surface area contributed by atoms with Crippen LogP contribution in [0.15, 0.2) is 83.5 Å². The second kappa shape index (κ2) is 8.39. The normalized spacial score (nSPS) is 10.5. The van der Waals surface area contributed by atoms with Crippen molar-refractivity contribution in [3.63, 3.8) is 0 Å². The molecule has 4 rings (SSSR count). The quantitative estimate of drug-likeness (QED) is 0.503. The Labute approximate surface area is 168 Å². The summed E-state index contributed by atoms with van der Waals surface area (Å²) in [6.07, 6.45) is 1.53. The number of carbonyl (C=O) groups is 1. The van der Waals surface area contributed by atoms with Crippen molar-refractivity contribution in [2.75, 3.05) is 5.32 Å². The van der Waals surface area contributed by atoms with Gasteiger partial charge in [0.2, 0.25) is 0 Å². The number of furan rings is 1. The number of rotatable bonds is 6. The van der Waals surface area contributed by atoms with Crippen molar-refractivity contribution >= 4 is 17.4 Å². The minimum Gasteiger partial charge on any atom is -0.465 e. The summed E-state index contributed by atoms with van der Waals surface area (Å²) >= 11 is 0. The predicted molar refractivity (Wildman–Crippen MR) is 112 cm³/mol. The van der Waals surface area contributed by atoms with Crippen LogP contribution in [0.3, 0.4) is 0 Å². The molecule has 0 radical (unpaired) electrons. The Kier molecular flexibility index (Phi) is 5.33. The molecule has 0 aliphatic heterocycles. The molecule has 6 nitrogen and oxygen atoms in total. The summed E-state index contributed by atoms with van der Waals surface area (Å²) in [5.74, 6) is 2.08. The average Bonchev–Trinajstić information content (AvgIpc) is 3.18. The lowest BCUT2D eigenvalue weighted by Gasteiger charge is -2.08. The van der Waals surface area contributed by atoms with Gasteiger partial charge in [0, 0.05) is 22.9 Å². The minimum absolute atomic E-state index is 0.154. The van der Waals surface area contributed by atoms with E-state index in [2.05, 4.69) is 20.6 Å². The molecule has 4 aromatic rings.